The van der Waals surface area contributed by atoms with Gasteiger partial charge in [0.1, 0.15) is 5.69 Å². The van der Waals surface area contributed by atoms with Crippen molar-refractivity contribution in [2.45, 2.75) is 25.3 Å². The molecule has 0 radical (unpaired) electrons. The zero-order chi connectivity index (χ0) is 20.0. The summed E-state index contributed by atoms with van der Waals surface area (Å²) in [5, 5.41) is 12.0. The van der Waals surface area contributed by atoms with Crippen LogP contribution in [0.5, 0.6) is 0 Å². The second-order valence-electron chi connectivity index (χ2n) is 7.32. The van der Waals surface area contributed by atoms with Gasteiger partial charge in [0.25, 0.3) is 5.91 Å². The number of pyridine rings is 2. The van der Waals surface area contributed by atoms with Crippen LogP contribution >= 0.6 is 11.6 Å². The van der Waals surface area contributed by atoms with Crippen LogP contribution in [0.4, 0.5) is 0 Å². The number of H-pyrrole nitrogens is 1. The van der Waals surface area contributed by atoms with Crippen molar-refractivity contribution in [3.05, 3.63) is 76.7 Å². The number of aryl methyl sites for hydroxylation is 1. The molecular weight excluding hydrogens is 386 g/mol. The Balaban J connectivity index is 1.39. The molecule has 0 aliphatic heterocycles. The van der Waals surface area contributed by atoms with Gasteiger partial charge in [-0.05, 0) is 43.2 Å². The molecule has 0 saturated heterocycles. The Morgan fingerprint density at radius 2 is 2.07 bits per heavy atom. The third kappa shape index (κ3) is 3.36. The zero-order valence-corrected chi connectivity index (χ0v) is 16.4. The van der Waals surface area contributed by atoms with Gasteiger partial charge in [0, 0.05) is 46.0 Å². The molecule has 0 unspecified atom stereocenters. The molecule has 6 nitrogen and oxygen atoms in total. The minimum atomic E-state index is -0.142. The lowest BCUT2D eigenvalue weighted by molar-refractivity contribution is 0.0950. The smallest absolute Gasteiger partial charge is 0.253 e. The van der Waals surface area contributed by atoms with Gasteiger partial charge in [-0.25, -0.2) is 4.98 Å². The number of hydrogen-bond donors (Lipinski definition) is 2. The predicted molar refractivity (Wildman–Crippen MR) is 112 cm³/mol. The van der Waals surface area contributed by atoms with E-state index in [0.29, 0.717) is 11.2 Å². The molecule has 4 aromatic rings. The van der Waals surface area contributed by atoms with E-state index < -0.39 is 0 Å². The van der Waals surface area contributed by atoms with Crippen LogP contribution in [0.15, 0.2) is 54.9 Å². The number of aromatic amines is 1. The Hall–Kier alpha value is -3.25. The molecule has 1 aliphatic rings. The Labute approximate surface area is 172 Å². The first-order chi connectivity index (χ1) is 14.1. The van der Waals surface area contributed by atoms with Gasteiger partial charge in [-0.2, -0.15) is 5.10 Å². The lowest BCUT2D eigenvalue weighted by atomic mass is 10.1. The first kappa shape index (κ1) is 17.8. The normalized spacial score (nSPS) is 18.0. The fourth-order valence-corrected chi connectivity index (χ4v) is 3.94. The molecule has 1 saturated carbocycles. The Morgan fingerprint density at radius 3 is 2.90 bits per heavy atom. The summed E-state index contributed by atoms with van der Waals surface area (Å²) >= 11 is 6.28. The number of aromatic nitrogens is 4. The average Bonchev–Trinajstić information content (AvgIpc) is 3.34. The van der Waals surface area contributed by atoms with Crippen LogP contribution in [0, 0.1) is 6.92 Å². The summed E-state index contributed by atoms with van der Waals surface area (Å²) < 4.78 is 0. The third-order valence-electron chi connectivity index (χ3n) is 5.26. The van der Waals surface area contributed by atoms with Crippen LogP contribution in [0.3, 0.4) is 0 Å². The first-order valence-electron chi connectivity index (χ1n) is 9.42. The zero-order valence-electron chi connectivity index (χ0n) is 15.7. The molecule has 0 spiro atoms. The highest BCUT2D eigenvalue weighted by Crippen LogP contribution is 2.43. The quantitative estimate of drug-likeness (QED) is 0.533. The van der Waals surface area contributed by atoms with Crippen molar-refractivity contribution in [3.8, 4) is 11.3 Å². The van der Waals surface area contributed by atoms with Crippen molar-refractivity contribution in [3.63, 3.8) is 0 Å². The fraction of sp³-hybridized carbons (Fsp3) is 0.182. The Kier molecular flexibility index (Phi) is 4.28. The summed E-state index contributed by atoms with van der Waals surface area (Å²) in [6.07, 6.45) is 4.21. The maximum atomic E-state index is 12.8. The van der Waals surface area contributed by atoms with Crippen molar-refractivity contribution in [2.24, 2.45) is 0 Å². The van der Waals surface area contributed by atoms with Crippen LogP contribution < -0.4 is 5.32 Å². The van der Waals surface area contributed by atoms with E-state index in [9.17, 15) is 4.79 Å². The van der Waals surface area contributed by atoms with Crippen LogP contribution in [0.2, 0.25) is 5.02 Å². The summed E-state index contributed by atoms with van der Waals surface area (Å²) in [5.74, 6) is 0.116. The van der Waals surface area contributed by atoms with Crippen LogP contribution in [-0.2, 0) is 0 Å². The Bertz CT molecular complexity index is 1230. The monoisotopic (exact) mass is 403 g/mol. The average molecular weight is 404 g/mol. The minimum absolute atomic E-state index is 0.0877. The van der Waals surface area contributed by atoms with Crippen molar-refractivity contribution in [2.75, 3.05) is 0 Å². The van der Waals surface area contributed by atoms with E-state index >= 15 is 0 Å². The molecule has 3 aromatic heterocycles. The summed E-state index contributed by atoms with van der Waals surface area (Å²) in [7, 11) is 0. The van der Waals surface area contributed by atoms with Gasteiger partial charge < -0.3 is 5.32 Å². The topological polar surface area (TPSA) is 83.6 Å². The van der Waals surface area contributed by atoms with Gasteiger partial charge in [-0.3, -0.25) is 14.9 Å². The van der Waals surface area contributed by atoms with Gasteiger partial charge in [0.15, 0.2) is 5.65 Å². The summed E-state index contributed by atoms with van der Waals surface area (Å²) in [4.78, 5) is 21.4. The van der Waals surface area contributed by atoms with E-state index in [4.69, 9.17) is 11.6 Å². The third-order valence-corrected chi connectivity index (χ3v) is 5.60. The Morgan fingerprint density at radius 1 is 1.21 bits per heavy atom. The standard InChI is InChI=1S/C22H18ClN5O/c1-12-8-13(6-7-24-12)20-17-9-14(11-25-21(17)28-27-20)22(29)26-19-10-16(19)15-4-2-3-5-18(15)23/h2-9,11,16,19H,10H2,1H3,(H,26,29)(H,25,27,28)/t16-,19+/m0/s1. The van der Waals surface area contributed by atoms with Gasteiger partial charge in [0.05, 0.1) is 5.56 Å². The lowest BCUT2D eigenvalue weighted by Crippen LogP contribution is -2.26. The molecular formula is C22H18ClN5O. The van der Waals surface area contributed by atoms with Crippen molar-refractivity contribution >= 4 is 28.5 Å². The molecule has 1 aromatic carbocycles. The second kappa shape index (κ2) is 6.97. The highest BCUT2D eigenvalue weighted by atomic mass is 35.5. The molecule has 1 aliphatic carbocycles. The SMILES string of the molecule is Cc1cc(-c2n[nH]c3ncc(C(=O)N[C@@H]4C[C@H]4c4ccccc4Cl)cc23)ccn1. The van der Waals surface area contributed by atoms with Crippen LogP contribution in [0.1, 0.15) is 34.0 Å². The molecule has 2 N–H and O–H groups in total. The van der Waals surface area contributed by atoms with Crippen LogP contribution in [0.25, 0.3) is 22.3 Å². The maximum Gasteiger partial charge on any atom is 0.253 e. The molecule has 0 bridgehead atoms. The molecule has 1 fully saturated rings. The molecule has 1 amide bonds. The highest BCUT2D eigenvalue weighted by Gasteiger charge is 2.40. The van der Waals surface area contributed by atoms with Crippen LogP contribution in [-0.4, -0.2) is 32.1 Å². The molecule has 2 atom stereocenters. The molecule has 3 heterocycles. The summed E-state index contributed by atoms with van der Waals surface area (Å²) in [6, 6.07) is 13.6. The minimum Gasteiger partial charge on any atom is -0.349 e. The fourth-order valence-electron chi connectivity index (χ4n) is 3.67. The lowest BCUT2D eigenvalue weighted by Gasteiger charge is -2.06. The number of halogens is 1. The van der Waals surface area contributed by atoms with E-state index in [2.05, 4.69) is 25.5 Å². The van der Waals surface area contributed by atoms with Gasteiger partial charge >= 0.3 is 0 Å². The largest absolute Gasteiger partial charge is 0.349 e. The van der Waals surface area contributed by atoms with Gasteiger partial charge in [-0.15, -0.1) is 0 Å². The van der Waals surface area contributed by atoms with E-state index in [1.165, 1.54) is 0 Å². The molecule has 29 heavy (non-hydrogen) atoms. The number of amides is 1. The van der Waals surface area contributed by atoms with Crippen molar-refractivity contribution in [1.82, 2.24) is 25.5 Å². The van der Waals surface area contributed by atoms with E-state index in [-0.39, 0.29) is 17.9 Å². The van der Waals surface area contributed by atoms with E-state index in [1.54, 1.807) is 12.4 Å². The molecule has 5 rings (SSSR count). The van der Waals surface area contributed by atoms with Gasteiger partial charge in [-0.1, -0.05) is 29.8 Å². The number of nitrogens with one attached hydrogen (secondary N) is 2. The number of hydrogen-bond acceptors (Lipinski definition) is 4. The number of rotatable bonds is 4. The van der Waals surface area contributed by atoms with Gasteiger partial charge in [0.2, 0.25) is 0 Å². The number of nitrogens with zero attached hydrogens (tertiary/aromatic N) is 3. The predicted octanol–water partition coefficient (Wildman–Crippen LogP) is 4.27. The van der Waals surface area contributed by atoms with E-state index in [0.717, 1.165) is 39.3 Å². The summed E-state index contributed by atoms with van der Waals surface area (Å²) in [5.41, 5.74) is 4.83. The highest BCUT2D eigenvalue weighted by molar-refractivity contribution is 6.31. The second-order valence-corrected chi connectivity index (χ2v) is 7.73. The number of carbonyl (C=O) groups excluding carboxylic acids is 1. The number of benzene rings is 1. The first-order valence-corrected chi connectivity index (χ1v) is 9.80. The van der Waals surface area contributed by atoms with Crippen molar-refractivity contribution < 1.29 is 4.79 Å². The number of fused-ring (bicyclic) bond motifs is 1. The maximum absolute atomic E-state index is 12.8. The number of carbonyl (C=O) groups is 1. The molecule has 144 valence electrons. The summed E-state index contributed by atoms with van der Waals surface area (Å²) in [6.45, 7) is 1.93. The van der Waals surface area contributed by atoms with E-state index in [1.807, 2.05) is 49.4 Å². The van der Waals surface area contributed by atoms with Crippen molar-refractivity contribution in [1.29, 1.82) is 0 Å². The molecule has 7 heteroatoms.